The maximum atomic E-state index is 13.2. The predicted octanol–water partition coefficient (Wildman–Crippen LogP) is 5.37. The number of aliphatic imine (C=N–C) groups is 1. The first-order valence-electron chi connectivity index (χ1n) is 9.39. The number of amides is 1. The minimum Gasteiger partial charge on any atom is -0.337 e. The van der Waals surface area contributed by atoms with E-state index in [9.17, 15) is 4.79 Å². The zero-order chi connectivity index (χ0) is 21.0. The maximum absolute atomic E-state index is 13.2. The molecular weight excluding hydrogens is 456 g/mol. The number of rotatable bonds is 2. The van der Waals surface area contributed by atoms with Gasteiger partial charge in [-0.15, -0.1) is 0 Å². The van der Waals surface area contributed by atoms with Gasteiger partial charge in [0.25, 0.3) is 11.1 Å². The van der Waals surface area contributed by atoms with Gasteiger partial charge in [0.2, 0.25) is 0 Å². The number of thioether (sulfide) groups is 2. The third kappa shape index (κ3) is 3.13. The summed E-state index contributed by atoms with van der Waals surface area (Å²) in [5.74, 6) is 0.00946. The molecule has 0 unspecified atom stereocenters. The molecule has 152 valence electrons. The van der Waals surface area contributed by atoms with Gasteiger partial charge in [-0.2, -0.15) is 0 Å². The Bertz CT molecular complexity index is 1270. The molecule has 5 nitrogen and oxygen atoms in total. The van der Waals surface area contributed by atoms with Crippen LogP contribution in [0, 0.1) is 0 Å². The van der Waals surface area contributed by atoms with Gasteiger partial charge in [0.05, 0.1) is 22.5 Å². The van der Waals surface area contributed by atoms with Crippen LogP contribution in [-0.4, -0.2) is 29.6 Å². The van der Waals surface area contributed by atoms with Crippen molar-refractivity contribution >= 4 is 78.6 Å². The van der Waals surface area contributed by atoms with Crippen molar-refractivity contribution in [3.63, 3.8) is 0 Å². The number of anilines is 1. The van der Waals surface area contributed by atoms with Crippen LogP contribution in [0.2, 0.25) is 5.02 Å². The molecule has 0 saturated carbocycles. The fourth-order valence-corrected chi connectivity index (χ4v) is 7.24. The third-order valence-electron chi connectivity index (χ3n) is 5.07. The number of carbonyl (C=O) groups excluding carboxylic acids is 1. The number of halogens is 1. The van der Waals surface area contributed by atoms with Crippen LogP contribution >= 0.6 is 46.5 Å². The number of aryl methyl sites for hydroxylation is 1. The Kier molecular flexibility index (Phi) is 5.05. The topological polar surface area (TPSA) is 39.8 Å². The van der Waals surface area contributed by atoms with Crippen molar-refractivity contribution in [3.8, 4) is 0 Å². The van der Waals surface area contributed by atoms with Crippen molar-refractivity contribution in [3.05, 3.63) is 57.4 Å². The Hall–Kier alpha value is -2.00. The molecule has 3 aromatic rings. The Balaban J connectivity index is 1.57. The summed E-state index contributed by atoms with van der Waals surface area (Å²) in [6.45, 7) is 2.55. The lowest BCUT2D eigenvalue weighted by Crippen LogP contribution is -2.30. The first-order chi connectivity index (χ1) is 14.5. The van der Waals surface area contributed by atoms with Crippen LogP contribution in [0.15, 0.2) is 62.3 Å². The van der Waals surface area contributed by atoms with Crippen LogP contribution in [0.3, 0.4) is 0 Å². The van der Waals surface area contributed by atoms with E-state index >= 15 is 0 Å². The van der Waals surface area contributed by atoms with E-state index < -0.39 is 0 Å². The van der Waals surface area contributed by atoms with Crippen LogP contribution in [0.1, 0.15) is 6.92 Å². The number of aromatic nitrogens is 1. The van der Waals surface area contributed by atoms with Gasteiger partial charge in [-0.05, 0) is 65.3 Å². The average molecular weight is 474 g/mol. The van der Waals surface area contributed by atoms with Gasteiger partial charge >= 0.3 is 5.13 Å². The van der Waals surface area contributed by atoms with Gasteiger partial charge < -0.3 is 4.90 Å². The van der Waals surface area contributed by atoms with E-state index in [0.29, 0.717) is 16.7 Å². The molecule has 1 aromatic heterocycles. The monoisotopic (exact) mass is 473 g/mol. The van der Waals surface area contributed by atoms with E-state index in [-0.39, 0.29) is 5.91 Å². The molecule has 0 N–H and O–H groups in total. The highest BCUT2D eigenvalue weighted by atomic mass is 35.5. The van der Waals surface area contributed by atoms with Gasteiger partial charge in [0.15, 0.2) is 0 Å². The Labute approximate surface area is 192 Å². The molecule has 2 aliphatic rings. The molecule has 2 aliphatic heterocycles. The highest BCUT2D eigenvalue weighted by Gasteiger charge is 2.41. The Morgan fingerprint density at radius 2 is 1.97 bits per heavy atom. The molecule has 5 rings (SSSR count). The summed E-state index contributed by atoms with van der Waals surface area (Å²) in [6, 6.07) is 14.0. The van der Waals surface area contributed by atoms with Crippen molar-refractivity contribution in [2.45, 2.75) is 11.8 Å². The number of amidine groups is 1. The number of hydrogen-bond donors (Lipinski definition) is 0. The largest absolute Gasteiger partial charge is 0.385 e. The molecule has 30 heavy (non-hydrogen) atoms. The molecule has 0 bridgehead atoms. The lowest BCUT2D eigenvalue weighted by atomic mass is 10.3. The highest BCUT2D eigenvalue weighted by Crippen LogP contribution is 2.50. The van der Waals surface area contributed by atoms with Gasteiger partial charge in [-0.1, -0.05) is 35.5 Å². The predicted molar refractivity (Wildman–Crippen MR) is 128 cm³/mol. The molecule has 1 saturated heterocycles. The summed E-state index contributed by atoms with van der Waals surface area (Å²) < 4.78 is 3.11. The van der Waals surface area contributed by atoms with Gasteiger partial charge in [0.1, 0.15) is 10.4 Å². The standard InChI is InChI=1S/C21H18ClN4OS3/c1-4-26-18(27)17(19-24(2)13-7-5-6-8-15(13)28-19)30-21(26)23-20-25(3)14-10-9-12(22)11-16(14)29-20/h5-11H,4H2,1-3H3/q+1/b19-17+. The summed E-state index contributed by atoms with van der Waals surface area (Å²) >= 11 is 10.8. The number of para-hydroxylation sites is 1. The van der Waals surface area contributed by atoms with Crippen LogP contribution in [0.25, 0.3) is 10.2 Å². The number of carbonyl (C=O) groups is 1. The van der Waals surface area contributed by atoms with E-state index in [2.05, 4.69) is 17.0 Å². The molecule has 1 fully saturated rings. The first kappa shape index (κ1) is 19.9. The van der Waals surface area contributed by atoms with Gasteiger partial charge in [0, 0.05) is 23.5 Å². The van der Waals surface area contributed by atoms with E-state index in [1.54, 1.807) is 28.0 Å². The Morgan fingerprint density at radius 3 is 2.73 bits per heavy atom. The van der Waals surface area contributed by atoms with Crippen LogP contribution in [0.5, 0.6) is 0 Å². The second-order valence-corrected chi connectivity index (χ2v) is 10.3. The van der Waals surface area contributed by atoms with Crippen molar-refractivity contribution in [1.82, 2.24) is 4.90 Å². The van der Waals surface area contributed by atoms with Crippen LogP contribution in [0.4, 0.5) is 10.8 Å². The summed E-state index contributed by atoms with van der Waals surface area (Å²) in [4.78, 5) is 23.9. The number of thiazole rings is 1. The fraction of sp³-hybridized carbons (Fsp3) is 0.190. The van der Waals surface area contributed by atoms with Crippen molar-refractivity contribution in [2.24, 2.45) is 12.0 Å². The van der Waals surface area contributed by atoms with Crippen molar-refractivity contribution in [2.75, 3.05) is 18.5 Å². The summed E-state index contributed by atoms with van der Waals surface area (Å²) in [5.41, 5.74) is 2.20. The van der Waals surface area contributed by atoms with Crippen LogP contribution < -0.4 is 9.47 Å². The maximum Gasteiger partial charge on any atom is 0.385 e. The molecule has 9 heteroatoms. The van der Waals surface area contributed by atoms with Gasteiger partial charge in [-0.25, -0.2) is 4.57 Å². The second-order valence-electron chi connectivity index (χ2n) is 6.86. The van der Waals surface area contributed by atoms with E-state index in [4.69, 9.17) is 16.6 Å². The average Bonchev–Trinajstić information content (AvgIpc) is 3.34. The summed E-state index contributed by atoms with van der Waals surface area (Å²) in [7, 11) is 4.00. The quantitative estimate of drug-likeness (QED) is 0.370. The molecular formula is C21H18ClN4OS3+. The van der Waals surface area contributed by atoms with Crippen LogP contribution in [-0.2, 0) is 11.8 Å². The molecule has 1 amide bonds. The van der Waals surface area contributed by atoms with Gasteiger partial charge in [-0.3, -0.25) is 9.69 Å². The number of benzene rings is 2. The molecule has 0 radical (unpaired) electrons. The lowest BCUT2D eigenvalue weighted by Gasteiger charge is -2.14. The molecule has 2 aromatic carbocycles. The van der Waals surface area contributed by atoms with E-state index in [1.165, 1.54) is 11.8 Å². The molecule has 0 spiro atoms. The van der Waals surface area contributed by atoms with Crippen molar-refractivity contribution < 1.29 is 9.36 Å². The number of nitrogens with zero attached hydrogens (tertiary/aromatic N) is 4. The third-order valence-corrected chi connectivity index (χ3v) is 8.84. The zero-order valence-electron chi connectivity index (χ0n) is 16.5. The minimum atomic E-state index is 0.00946. The number of fused-ring (bicyclic) bond motifs is 2. The minimum absolute atomic E-state index is 0.00946. The molecule has 0 atom stereocenters. The Morgan fingerprint density at radius 1 is 1.17 bits per heavy atom. The summed E-state index contributed by atoms with van der Waals surface area (Å²) in [6.07, 6.45) is 0. The van der Waals surface area contributed by atoms with E-state index in [1.807, 2.05) is 55.9 Å². The fourth-order valence-electron chi connectivity index (χ4n) is 3.49. The van der Waals surface area contributed by atoms with Crippen molar-refractivity contribution in [1.29, 1.82) is 0 Å². The SMILES string of the molecule is CCN1C(=O)/C(=C2\Sc3ccccc3N2C)S/C1=N/c1sc2cc(Cl)ccc2[n+]1C. The normalized spacial score (nSPS) is 20.1. The molecule has 0 aliphatic carbocycles. The highest BCUT2D eigenvalue weighted by molar-refractivity contribution is 8.19. The molecule has 3 heterocycles. The lowest BCUT2D eigenvalue weighted by molar-refractivity contribution is -0.627. The first-order valence-corrected chi connectivity index (χ1v) is 12.2. The smallest absolute Gasteiger partial charge is 0.337 e. The number of likely N-dealkylation sites (N-methyl/N-ethyl adjacent to an activating group) is 1. The number of hydrogen-bond acceptors (Lipinski definition) is 6. The summed E-state index contributed by atoms with van der Waals surface area (Å²) in [5, 5.41) is 3.21. The second kappa shape index (κ2) is 7.60. The van der Waals surface area contributed by atoms with E-state index in [0.717, 1.165) is 35.9 Å². The zero-order valence-corrected chi connectivity index (χ0v) is 19.8.